The van der Waals surface area contributed by atoms with Gasteiger partial charge in [0.05, 0.1) is 50.0 Å². The van der Waals surface area contributed by atoms with Gasteiger partial charge in [-0.2, -0.15) is 17.8 Å². The average Bonchev–Trinajstić information content (AvgIpc) is 3.83. The summed E-state index contributed by atoms with van der Waals surface area (Å²) in [5.41, 5.74) is 7.56. The van der Waals surface area contributed by atoms with Crippen LogP contribution in [-0.2, 0) is 28.5 Å². The number of likely N-dealkylation sites (N-methyl/N-ethyl adjacent to an activating group) is 1. The third kappa shape index (κ3) is 6.98. The van der Waals surface area contributed by atoms with Gasteiger partial charge in [0.25, 0.3) is 11.8 Å². The van der Waals surface area contributed by atoms with Crippen molar-refractivity contribution in [3.05, 3.63) is 70.5 Å². The number of allylic oxidation sites excluding steroid dienone is 1. The summed E-state index contributed by atoms with van der Waals surface area (Å²) in [6.07, 6.45) is 10.3. The van der Waals surface area contributed by atoms with Crippen LogP contribution in [0.2, 0.25) is 0 Å². The lowest BCUT2D eigenvalue weighted by atomic mass is 9.81. The number of rotatable bonds is 9. The highest BCUT2D eigenvalue weighted by atomic mass is 32.2. The molecule has 55 heavy (non-hydrogen) atoms. The molecule has 0 radical (unpaired) electrons. The number of nitrogens with one attached hydrogen (secondary N) is 2. The summed E-state index contributed by atoms with van der Waals surface area (Å²) in [7, 11) is -0.528. The number of methoxy groups -OCH3 is 1. The van der Waals surface area contributed by atoms with E-state index in [1.165, 1.54) is 16.3 Å². The maximum absolute atomic E-state index is 14.4. The molecule has 2 N–H and O–H groups in total. The Bertz CT molecular complexity index is 2260. The van der Waals surface area contributed by atoms with Crippen LogP contribution in [0.5, 0.6) is 5.75 Å². The lowest BCUT2D eigenvalue weighted by molar-refractivity contribution is 0.0719. The number of aryl methyl sites for hydroxylation is 1. The normalized spacial score (nSPS) is 20.9. The molecule has 292 valence electrons. The fraction of sp³-hybridized carbons (Fsp3) is 0.488. The molecule has 0 spiro atoms. The summed E-state index contributed by atoms with van der Waals surface area (Å²) in [6, 6.07) is 12.0. The minimum Gasteiger partial charge on any atom is -0.497 e. The SMILES string of the molecule is CCNC1C[C@H](C)N(C(=O)c2cnn(C)c2C2=Cc3cc(OC)ccc3-c3c(C4CCCCC4)c4ccc(C(=O)NS(=O)(=O)N5CCOCC5)cc4n3C2)C1. The lowest BCUT2D eigenvalue weighted by Gasteiger charge is -2.25. The number of carbonyl (C=O) groups excluding carboxylic acids is 2. The van der Waals surface area contributed by atoms with Crippen LogP contribution in [0.15, 0.2) is 42.6 Å². The quantitative estimate of drug-likeness (QED) is 0.238. The zero-order valence-electron chi connectivity index (χ0n) is 32.1. The molecule has 8 rings (SSSR count). The van der Waals surface area contributed by atoms with Crippen molar-refractivity contribution in [2.45, 2.75) is 76.9 Å². The van der Waals surface area contributed by atoms with Gasteiger partial charge < -0.3 is 24.3 Å². The first kappa shape index (κ1) is 37.4. The molecule has 14 heteroatoms. The molecule has 5 heterocycles. The summed E-state index contributed by atoms with van der Waals surface area (Å²) in [6.45, 7) is 6.98. The number of fused-ring (bicyclic) bond motifs is 5. The number of hydrogen-bond donors (Lipinski definition) is 2. The first-order valence-electron chi connectivity index (χ1n) is 19.6. The molecule has 13 nitrogen and oxygen atoms in total. The maximum Gasteiger partial charge on any atom is 0.304 e. The first-order chi connectivity index (χ1) is 26.6. The van der Waals surface area contributed by atoms with E-state index < -0.39 is 16.1 Å². The average molecular weight is 770 g/mol. The Morgan fingerprint density at radius 1 is 1.04 bits per heavy atom. The van der Waals surface area contributed by atoms with Gasteiger partial charge >= 0.3 is 10.2 Å². The van der Waals surface area contributed by atoms with E-state index in [4.69, 9.17) is 9.47 Å². The number of carbonyl (C=O) groups is 2. The second kappa shape index (κ2) is 15.2. The molecule has 2 saturated heterocycles. The molecule has 0 bridgehead atoms. The number of benzene rings is 2. The molecule has 3 aliphatic heterocycles. The fourth-order valence-electron chi connectivity index (χ4n) is 9.23. The topological polar surface area (TPSA) is 140 Å². The molecule has 2 atom stereocenters. The van der Waals surface area contributed by atoms with E-state index in [0.29, 0.717) is 24.6 Å². The minimum atomic E-state index is -4.06. The largest absolute Gasteiger partial charge is 0.497 e. The van der Waals surface area contributed by atoms with Gasteiger partial charge in [-0.05, 0) is 91.8 Å². The molecular formula is C41H51N7O6S. The Balaban J connectivity index is 1.27. The number of likely N-dealkylation sites (tertiary alicyclic amines) is 1. The van der Waals surface area contributed by atoms with Gasteiger partial charge in [0.2, 0.25) is 0 Å². The van der Waals surface area contributed by atoms with E-state index in [-0.39, 0.29) is 49.9 Å². The van der Waals surface area contributed by atoms with E-state index in [2.05, 4.69) is 45.7 Å². The Labute approximate surface area is 322 Å². The lowest BCUT2D eigenvalue weighted by Crippen LogP contribution is -2.48. The Kier molecular flexibility index (Phi) is 10.3. The van der Waals surface area contributed by atoms with Crippen molar-refractivity contribution in [3.8, 4) is 17.0 Å². The summed E-state index contributed by atoms with van der Waals surface area (Å²) in [4.78, 5) is 30.1. The molecule has 2 aromatic carbocycles. The van der Waals surface area contributed by atoms with Gasteiger partial charge in [-0.1, -0.05) is 32.3 Å². The summed E-state index contributed by atoms with van der Waals surface area (Å²) >= 11 is 0. The summed E-state index contributed by atoms with van der Waals surface area (Å²) < 4.78 is 45.2. The summed E-state index contributed by atoms with van der Waals surface area (Å²) in [5.74, 6) is 0.293. The molecule has 2 amide bonds. The minimum absolute atomic E-state index is 0.0482. The zero-order valence-corrected chi connectivity index (χ0v) is 33.0. The van der Waals surface area contributed by atoms with Crippen LogP contribution in [0.3, 0.4) is 0 Å². The van der Waals surface area contributed by atoms with Gasteiger partial charge in [-0.15, -0.1) is 0 Å². The Morgan fingerprint density at radius 2 is 1.82 bits per heavy atom. The van der Waals surface area contributed by atoms with E-state index in [1.54, 1.807) is 24.1 Å². The van der Waals surface area contributed by atoms with E-state index in [1.807, 2.05) is 36.2 Å². The number of nitrogens with zero attached hydrogens (tertiary/aromatic N) is 5. The van der Waals surface area contributed by atoms with Crippen LogP contribution in [-0.4, -0.2) is 102 Å². The monoisotopic (exact) mass is 769 g/mol. The first-order valence-corrected chi connectivity index (χ1v) is 21.0. The smallest absolute Gasteiger partial charge is 0.304 e. The maximum atomic E-state index is 14.4. The fourth-order valence-corrected chi connectivity index (χ4v) is 10.3. The van der Waals surface area contributed by atoms with Gasteiger partial charge in [0, 0.05) is 60.8 Å². The standard InChI is InChI=1S/C41H51N7O6S/c1-5-42-31-19-26(2)47(25-31)41(50)35-23-43-45(3)38(35)30-20-29-21-32(53-4)12-14-33(29)39-37(27-9-7-6-8-10-27)34-13-11-28(22-36(34)48(39)24-30)40(49)44-55(51,52)46-15-17-54-18-16-46/h11-14,20-23,26-27,31,42H,5-10,15-19,24-25H2,1-4H3,(H,44,49)/t26-,31?/m0/s1. The second-order valence-electron chi connectivity index (χ2n) is 15.3. The highest BCUT2D eigenvalue weighted by Gasteiger charge is 2.36. The van der Waals surface area contributed by atoms with Crippen LogP contribution in [0.1, 0.15) is 95.8 Å². The van der Waals surface area contributed by atoms with Crippen molar-refractivity contribution in [2.75, 3.05) is 46.5 Å². The van der Waals surface area contributed by atoms with Crippen LogP contribution in [0.4, 0.5) is 0 Å². The van der Waals surface area contributed by atoms with E-state index in [9.17, 15) is 18.0 Å². The van der Waals surface area contributed by atoms with Crippen molar-refractivity contribution in [3.63, 3.8) is 0 Å². The second-order valence-corrected chi connectivity index (χ2v) is 17.0. The van der Waals surface area contributed by atoms with Crippen LogP contribution < -0.4 is 14.8 Å². The van der Waals surface area contributed by atoms with Crippen molar-refractivity contribution in [1.82, 2.24) is 33.6 Å². The number of hydrogen-bond acceptors (Lipinski definition) is 8. The predicted molar refractivity (Wildman–Crippen MR) is 212 cm³/mol. The van der Waals surface area contributed by atoms with E-state index >= 15 is 0 Å². The van der Waals surface area contributed by atoms with Gasteiger partial charge in [-0.25, -0.2) is 4.72 Å². The van der Waals surface area contributed by atoms with Gasteiger partial charge in [0.15, 0.2) is 0 Å². The molecule has 4 aliphatic rings. The predicted octanol–water partition coefficient (Wildman–Crippen LogP) is 5.17. The summed E-state index contributed by atoms with van der Waals surface area (Å²) in [5, 5.41) is 9.20. The third-order valence-corrected chi connectivity index (χ3v) is 13.4. The highest BCUT2D eigenvalue weighted by molar-refractivity contribution is 7.87. The number of morpholine rings is 1. The number of aromatic nitrogens is 3. The van der Waals surface area contributed by atoms with Crippen molar-refractivity contribution in [1.29, 1.82) is 0 Å². The van der Waals surface area contributed by atoms with Crippen molar-refractivity contribution >= 4 is 44.6 Å². The molecule has 4 aromatic rings. The molecular weight excluding hydrogens is 719 g/mol. The van der Waals surface area contributed by atoms with E-state index in [0.717, 1.165) is 83.4 Å². The zero-order chi connectivity index (χ0) is 38.4. The Morgan fingerprint density at radius 3 is 2.56 bits per heavy atom. The molecule has 3 fully saturated rings. The Hall–Kier alpha value is -4.50. The van der Waals surface area contributed by atoms with Crippen molar-refractivity contribution in [2.24, 2.45) is 7.05 Å². The number of amides is 2. The van der Waals surface area contributed by atoms with Gasteiger partial charge in [-0.3, -0.25) is 14.3 Å². The van der Waals surface area contributed by atoms with Crippen LogP contribution in [0, 0.1) is 0 Å². The number of ether oxygens (including phenoxy) is 2. The van der Waals surface area contributed by atoms with Crippen LogP contribution >= 0.6 is 0 Å². The molecule has 1 unspecified atom stereocenters. The van der Waals surface area contributed by atoms with Gasteiger partial charge in [0.1, 0.15) is 5.75 Å². The molecule has 1 aliphatic carbocycles. The highest BCUT2D eigenvalue weighted by Crippen LogP contribution is 2.48. The van der Waals surface area contributed by atoms with Crippen LogP contribution in [0.25, 0.3) is 33.8 Å². The third-order valence-electron chi connectivity index (χ3n) is 11.9. The molecule has 1 saturated carbocycles. The molecule has 2 aromatic heterocycles. The van der Waals surface area contributed by atoms with Crippen molar-refractivity contribution < 1.29 is 27.5 Å².